The van der Waals surface area contributed by atoms with Gasteiger partial charge in [0.1, 0.15) is 10.6 Å². The minimum absolute atomic E-state index is 0.296. The van der Waals surface area contributed by atoms with Crippen molar-refractivity contribution in [2.75, 3.05) is 13.4 Å². The summed E-state index contributed by atoms with van der Waals surface area (Å²) in [6, 6.07) is 6.81. The SMILES string of the molecule is COc1ccc(CN2[C@H](C)C[C@H]3CCCC[C@@H]32)cc1S(C)(=O)=O. The third-order valence-corrected chi connectivity index (χ3v) is 6.62. The second-order valence-electron chi connectivity index (χ2n) is 7.13. The van der Waals surface area contributed by atoms with Crippen LogP contribution in [0.1, 0.15) is 44.6 Å². The molecule has 128 valence electrons. The van der Waals surface area contributed by atoms with Crippen molar-refractivity contribution < 1.29 is 13.2 Å². The van der Waals surface area contributed by atoms with Crippen LogP contribution < -0.4 is 4.74 Å². The number of fused-ring (bicyclic) bond motifs is 1. The van der Waals surface area contributed by atoms with Crippen LogP contribution in [0.2, 0.25) is 0 Å². The Labute approximate surface area is 139 Å². The molecular weight excluding hydrogens is 310 g/mol. The van der Waals surface area contributed by atoms with Gasteiger partial charge in [0.05, 0.1) is 7.11 Å². The molecule has 1 aromatic carbocycles. The molecule has 4 nitrogen and oxygen atoms in total. The van der Waals surface area contributed by atoms with E-state index < -0.39 is 9.84 Å². The second-order valence-corrected chi connectivity index (χ2v) is 9.11. The molecule has 23 heavy (non-hydrogen) atoms. The normalized spacial score (nSPS) is 28.6. The number of sulfone groups is 1. The molecule has 3 atom stereocenters. The number of benzene rings is 1. The Hall–Kier alpha value is -1.07. The summed E-state index contributed by atoms with van der Waals surface area (Å²) in [6.45, 7) is 3.13. The number of methoxy groups -OCH3 is 1. The van der Waals surface area contributed by atoms with E-state index >= 15 is 0 Å². The molecule has 0 amide bonds. The van der Waals surface area contributed by atoms with Gasteiger partial charge in [-0.05, 0) is 49.8 Å². The maximum absolute atomic E-state index is 12.0. The number of ether oxygens (including phenoxy) is 1. The van der Waals surface area contributed by atoms with Gasteiger partial charge in [0.2, 0.25) is 0 Å². The number of hydrogen-bond acceptors (Lipinski definition) is 4. The molecule has 0 radical (unpaired) electrons. The summed E-state index contributed by atoms with van der Waals surface area (Å²) < 4.78 is 29.2. The van der Waals surface area contributed by atoms with Gasteiger partial charge in [-0.25, -0.2) is 8.42 Å². The van der Waals surface area contributed by atoms with Crippen LogP contribution in [0.3, 0.4) is 0 Å². The van der Waals surface area contributed by atoms with E-state index in [2.05, 4.69) is 11.8 Å². The van der Waals surface area contributed by atoms with Crippen molar-refractivity contribution >= 4 is 9.84 Å². The fraction of sp³-hybridized carbons (Fsp3) is 0.667. The lowest BCUT2D eigenvalue weighted by molar-refractivity contribution is 0.149. The van der Waals surface area contributed by atoms with Crippen LogP contribution in [0.4, 0.5) is 0 Å². The summed E-state index contributed by atoms with van der Waals surface area (Å²) >= 11 is 0. The van der Waals surface area contributed by atoms with Gasteiger partial charge in [-0.15, -0.1) is 0 Å². The maximum atomic E-state index is 12.0. The summed E-state index contributed by atoms with van der Waals surface area (Å²) in [7, 11) is -1.77. The third kappa shape index (κ3) is 3.41. The Morgan fingerprint density at radius 1 is 1.26 bits per heavy atom. The molecule has 1 aliphatic carbocycles. The van der Waals surface area contributed by atoms with Gasteiger partial charge in [-0.3, -0.25) is 4.90 Å². The summed E-state index contributed by atoms with van der Waals surface area (Å²) in [6.07, 6.45) is 7.83. The zero-order valence-electron chi connectivity index (χ0n) is 14.3. The van der Waals surface area contributed by atoms with E-state index in [0.29, 0.717) is 22.7 Å². The molecule has 1 aromatic rings. The van der Waals surface area contributed by atoms with Crippen LogP contribution in [0.15, 0.2) is 23.1 Å². The van der Waals surface area contributed by atoms with E-state index in [1.54, 1.807) is 12.1 Å². The third-order valence-electron chi connectivity index (χ3n) is 5.50. The van der Waals surface area contributed by atoms with Crippen LogP contribution in [0, 0.1) is 5.92 Å². The predicted octanol–water partition coefficient (Wildman–Crippen LogP) is 3.25. The predicted molar refractivity (Wildman–Crippen MR) is 91.5 cm³/mol. The first-order valence-electron chi connectivity index (χ1n) is 8.53. The van der Waals surface area contributed by atoms with E-state index in [0.717, 1.165) is 18.0 Å². The lowest BCUT2D eigenvalue weighted by Gasteiger charge is -2.33. The molecule has 0 spiro atoms. The van der Waals surface area contributed by atoms with Gasteiger partial charge >= 0.3 is 0 Å². The molecule has 2 aliphatic rings. The largest absolute Gasteiger partial charge is 0.495 e. The van der Waals surface area contributed by atoms with Crippen LogP contribution >= 0.6 is 0 Å². The minimum Gasteiger partial charge on any atom is -0.495 e. The molecule has 0 N–H and O–H groups in total. The quantitative estimate of drug-likeness (QED) is 0.846. The fourth-order valence-corrected chi connectivity index (χ4v) is 5.28. The van der Waals surface area contributed by atoms with E-state index in [4.69, 9.17) is 4.74 Å². The fourth-order valence-electron chi connectivity index (χ4n) is 4.39. The first-order chi connectivity index (χ1) is 10.9. The highest BCUT2D eigenvalue weighted by atomic mass is 32.2. The van der Waals surface area contributed by atoms with Crippen LogP contribution in [-0.2, 0) is 16.4 Å². The second kappa shape index (κ2) is 6.44. The highest BCUT2D eigenvalue weighted by molar-refractivity contribution is 7.90. The van der Waals surface area contributed by atoms with Crippen molar-refractivity contribution in [1.82, 2.24) is 4.90 Å². The standard InChI is InChI=1S/C18H27NO3S/c1-13-10-15-6-4-5-7-16(15)19(13)12-14-8-9-17(22-2)18(11-14)23(3,20)21/h8-9,11,13,15-16H,4-7,10,12H2,1-3H3/t13-,15-,16+/m1/s1. The molecule has 1 saturated heterocycles. The molecule has 1 aliphatic heterocycles. The molecular formula is C18H27NO3S. The van der Waals surface area contributed by atoms with Crippen molar-refractivity contribution in [2.45, 2.75) is 62.6 Å². The molecule has 5 heteroatoms. The Kier molecular flexibility index (Phi) is 4.70. The van der Waals surface area contributed by atoms with Gasteiger partial charge in [0.15, 0.2) is 9.84 Å². The van der Waals surface area contributed by atoms with Crippen molar-refractivity contribution in [2.24, 2.45) is 5.92 Å². The number of rotatable bonds is 4. The summed E-state index contributed by atoms with van der Waals surface area (Å²) in [5.74, 6) is 1.26. The van der Waals surface area contributed by atoms with E-state index in [-0.39, 0.29) is 0 Å². The zero-order valence-corrected chi connectivity index (χ0v) is 15.1. The van der Waals surface area contributed by atoms with Crippen molar-refractivity contribution in [3.63, 3.8) is 0 Å². The van der Waals surface area contributed by atoms with Gasteiger partial charge in [-0.1, -0.05) is 18.9 Å². The monoisotopic (exact) mass is 337 g/mol. The first kappa shape index (κ1) is 16.8. The Morgan fingerprint density at radius 3 is 2.70 bits per heavy atom. The van der Waals surface area contributed by atoms with Crippen molar-refractivity contribution in [1.29, 1.82) is 0 Å². The topological polar surface area (TPSA) is 46.6 Å². The van der Waals surface area contributed by atoms with Crippen LogP contribution in [0.5, 0.6) is 5.75 Å². The summed E-state index contributed by atoms with van der Waals surface area (Å²) in [5.41, 5.74) is 1.06. The average molecular weight is 337 g/mol. The lowest BCUT2D eigenvalue weighted by Crippen LogP contribution is -2.37. The number of hydrogen-bond donors (Lipinski definition) is 0. The molecule has 0 aromatic heterocycles. The van der Waals surface area contributed by atoms with E-state index in [1.807, 2.05) is 6.07 Å². The Morgan fingerprint density at radius 2 is 2.00 bits per heavy atom. The first-order valence-corrected chi connectivity index (χ1v) is 10.4. The highest BCUT2D eigenvalue weighted by Crippen LogP contribution is 2.40. The Bertz CT molecular complexity index is 671. The average Bonchev–Trinajstić information content (AvgIpc) is 2.82. The minimum atomic E-state index is -3.28. The van der Waals surface area contributed by atoms with Gasteiger partial charge in [0, 0.05) is 24.9 Å². The van der Waals surface area contributed by atoms with Crippen molar-refractivity contribution in [3.8, 4) is 5.75 Å². The van der Waals surface area contributed by atoms with Gasteiger partial charge in [-0.2, -0.15) is 0 Å². The summed E-state index contributed by atoms with van der Waals surface area (Å²) in [5, 5.41) is 0. The lowest BCUT2D eigenvalue weighted by atomic mass is 9.85. The van der Waals surface area contributed by atoms with Gasteiger partial charge < -0.3 is 4.74 Å². The molecule has 3 rings (SSSR count). The Balaban J connectivity index is 1.85. The van der Waals surface area contributed by atoms with Crippen LogP contribution in [0.25, 0.3) is 0 Å². The smallest absolute Gasteiger partial charge is 0.179 e. The summed E-state index contributed by atoms with van der Waals surface area (Å²) in [4.78, 5) is 2.88. The molecule has 2 fully saturated rings. The highest BCUT2D eigenvalue weighted by Gasteiger charge is 2.39. The zero-order chi connectivity index (χ0) is 16.6. The number of likely N-dealkylation sites (tertiary alicyclic amines) is 1. The molecule has 0 unspecified atom stereocenters. The van der Waals surface area contributed by atoms with E-state index in [9.17, 15) is 8.42 Å². The molecule has 0 bridgehead atoms. The van der Waals surface area contributed by atoms with Crippen molar-refractivity contribution in [3.05, 3.63) is 23.8 Å². The number of nitrogens with zero attached hydrogens (tertiary/aromatic N) is 1. The maximum Gasteiger partial charge on any atom is 0.179 e. The van der Waals surface area contributed by atoms with Gasteiger partial charge in [0.25, 0.3) is 0 Å². The van der Waals surface area contributed by atoms with Crippen LogP contribution in [-0.4, -0.2) is 38.8 Å². The molecule has 1 saturated carbocycles. The van der Waals surface area contributed by atoms with E-state index in [1.165, 1.54) is 45.5 Å². The molecule has 1 heterocycles.